The number of rotatable bonds is 53. The number of hydrogen-bond donors (Lipinski definition) is 16. The van der Waals surface area contributed by atoms with Gasteiger partial charge in [-0.25, -0.2) is 0 Å². The summed E-state index contributed by atoms with van der Waals surface area (Å²) in [5.74, 6) is -11.5. The van der Waals surface area contributed by atoms with E-state index in [9.17, 15) is 93.3 Å². The molecule has 9 amide bonds. The first-order valence-corrected chi connectivity index (χ1v) is 30.3. The maximum Gasteiger partial charge on any atom is 0.317 e. The van der Waals surface area contributed by atoms with Gasteiger partial charge in [-0.2, -0.15) is 0 Å². The van der Waals surface area contributed by atoms with Crippen LogP contribution in [0.3, 0.4) is 0 Å². The Hall–Kier alpha value is -6.68. The Bertz CT molecular complexity index is 2130. The second-order valence-corrected chi connectivity index (χ2v) is 21.4. The quantitative estimate of drug-likeness (QED) is 0.0259. The highest BCUT2D eigenvalue weighted by molar-refractivity contribution is 5.97. The van der Waals surface area contributed by atoms with Gasteiger partial charge in [0.2, 0.25) is 53.2 Å². The third-order valence-corrected chi connectivity index (χ3v) is 14.1. The number of carbonyl (C=O) groups is 12. The minimum absolute atomic E-state index is 0.00695. The molecule has 0 saturated carbocycles. The summed E-state index contributed by atoms with van der Waals surface area (Å²) < 4.78 is 10.9. The molecule has 0 radical (unpaired) electrons. The van der Waals surface area contributed by atoms with Crippen molar-refractivity contribution in [1.82, 2.24) is 52.3 Å². The lowest BCUT2D eigenvalue weighted by Gasteiger charge is -2.27. The maximum absolute atomic E-state index is 13.8. The molecule has 0 spiro atoms. The topological polar surface area (TPSA) is 488 Å². The van der Waals surface area contributed by atoms with E-state index in [0.29, 0.717) is 19.4 Å². The third-order valence-electron chi connectivity index (χ3n) is 14.1. The molecule has 7 atom stereocenters. The van der Waals surface area contributed by atoms with E-state index in [-0.39, 0.29) is 84.1 Å². The summed E-state index contributed by atoms with van der Waals surface area (Å²) in [6, 6.07) is -11.5. The fourth-order valence-electron chi connectivity index (χ4n) is 9.29. The molecule has 88 heavy (non-hydrogen) atoms. The summed E-state index contributed by atoms with van der Waals surface area (Å²) in [5, 5.41) is 95.8. The van der Waals surface area contributed by atoms with Crippen LogP contribution in [0.15, 0.2) is 0 Å². The second-order valence-electron chi connectivity index (χ2n) is 21.4. The molecule has 1 rings (SSSR count). The van der Waals surface area contributed by atoms with Crippen molar-refractivity contribution in [2.75, 3.05) is 98.7 Å². The van der Waals surface area contributed by atoms with Crippen molar-refractivity contribution in [2.45, 2.75) is 184 Å². The molecule has 504 valence electrons. The number of amides is 9. The van der Waals surface area contributed by atoms with Crippen LogP contribution in [0.2, 0.25) is 0 Å². The molecule has 16 N–H and O–H groups in total. The van der Waals surface area contributed by atoms with Crippen molar-refractivity contribution in [3.63, 3.8) is 0 Å². The van der Waals surface area contributed by atoms with E-state index in [1.807, 2.05) is 0 Å². The first-order chi connectivity index (χ1) is 42.1. The lowest BCUT2D eigenvalue weighted by atomic mass is 10.0. The molecule has 0 aromatic carbocycles. The number of nitrogens with one attached hydrogen (secondary N) is 8. The Morgan fingerprint density at radius 1 is 0.443 bits per heavy atom. The van der Waals surface area contributed by atoms with Gasteiger partial charge in [-0.3, -0.25) is 62.4 Å². The van der Waals surface area contributed by atoms with Crippen LogP contribution in [-0.4, -0.2) is 263 Å². The first kappa shape index (κ1) is 79.3. The zero-order chi connectivity index (χ0) is 65.7. The van der Waals surface area contributed by atoms with Crippen LogP contribution in [0, 0.1) is 0 Å². The van der Waals surface area contributed by atoms with E-state index in [1.54, 1.807) is 0 Å². The normalized spacial score (nSPS) is 14.9. The van der Waals surface area contributed by atoms with Gasteiger partial charge >= 0.3 is 17.9 Å². The fraction of sp³-hybridized carbons (Fsp3) is 0.786. The number of likely N-dealkylation sites (tertiary alicyclic amines) is 1. The minimum Gasteiger partial charge on any atom is -0.481 e. The lowest BCUT2D eigenvalue weighted by molar-refractivity contribution is -0.142. The summed E-state index contributed by atoms with van der Waals surface area (Å²) in [6.07, 6.45) is 16.4. The molecule has 0 aliphatic carbocycles. The molecule has 1 aliphatic heterocycles. The Balaban J connectivity index is 2.67. The van der Waals surface area contributed by atoms with Crippen LogP contribution in [0.4, 0.5) is 0 Å². The number of carbonyl (C=O) groups excluding carboxylic acids is 9. The van der Waals surface area contributed by atoms with Gasteiger partial charge in [-0.1, -0.05) is 77.0 Å². The zero-order valence-electron chi connectivity index (χ0n) is 50.7. The number of carboxylic acids is 3. The molecule has 1 aliphatic rings. The number of ether oxygens (including phenoxy) is 2. The van der Waals surface area contributed by atoms with Crippen LogP contribution in [0.5, 0.6) is 0 Å². The van der Waals surface area contributed by atoms with E-state index in [2.05, 4.69) is 42.5 Å². The Labute approximate surface area is 512 Å². The number of aliphatic hydroxyl groups excluding tert-OH is 5. The second kappa shape index (κ2) is 48.3. The highest BCUT2D eigenvalue weighted by Crippen LogP contribution is 2.18. The Morgan fingerprint density at radius 2 is 0.818 bits per heavy atom. The van der Waals surface area contributed by atoms with E-state index < -0.39 is 154 Å². The van der Waals surface area contributed by atoms with Crippen LogP contribution >= 0.6 is 0 Å². The monoisotopic (exact) mass is 1260 g/mol. The molecule has 32 heteroatoms. The highest BCUT2D eigenvalue weighted by atomic mass is 16.5. The smallest absolute Gasteiger partial charge is 0.317 e. The Morgan fingerprint density at radius 3 is 1.23 bits per heavy atom. The van der Waals surface area contributed by atoms with Gasteiger partial charge in [-0.05, 0) is 51.5 Å². The third kappa shape index (κ3) is 36.0. The molecular weight excluding hydrogens is 1160 g/mol. The molecule has 1 heterocycles. The molecule has 1 saturated heterocycles. The average Bonchev–Trinajstić information content (AvgIpc) is 3.76. The number of hydrogen-bond acceptors (Lipinski definition) is 20. The molecule has 0 aromatic heterocycles. The summed E-state index contributed by atoms with van der Waals surface area (Å²) in [5.41, 5.74) is 0. The number of carboxylic acid groups (broad SMARTS) is 3. The van der Waals surface area contributed by atoms with Gasteiger partial charge < -0.3 is 97.8 Å². The summed E-state index contributed by atoms with van der Waals surface area (Å²) >= 11 is 0. The minimum atomic E-state index is -1.91. The van der Waals surface area contributed by atoms with Gasteiger partial charge in [0, 0.05) is 39.4 Å². The summed E-state index contributed by atoms with van der Waals surface area (Å²) in [6.45, 7) is -4.35. The highest BCUT2D eigenvalue weighted by Gasteiger charge is 2.36. The summed E-state index contributed by atoms with van der Waals surface area (Å²) in [7, 11) is 0. The largest absolute Gasteiger partial charge is 0.481 e. The lowest BCUT2D eigenvalue weighted by Crippen LogP contribution is -2.61. The van der Waals surface area contributed by atoms with Crippen LogP contribution < -0.4 is 42.5 Å². The molecule has 1 fully saturated rings. The van der Waals surface area contributed by atoms with E-state index in [1.165, 1.54) is 50.3 Å². The first-order valence-electron chi connectivity index (χ1n) is 30.3. The number of unbranched alkanes of at least 4 members (excludes halogenated alkanes) is 14. The van der Waals surface area contributed by atoms with Gasteiger partial charge in [0.1, 0.15) is 42.3 Å². The molecule has 0 bridgehead atoms. The number of aliphatic carboxylic acids is 3. The molecule has 0 aromatic rings. The molecular formula is C56H98N10O22. The predicted octanol–water partition coefficient (Wildman–Crippen LogP) is -3.90. The average molecular weight is 1260 g/mol. The number of nitrogens with zero attached hydrogens (tertiary/aromatic N) is 2. The van der Waals surface area contributed by atoms with Gasteiger partial charge in [-0.15, -0.1) is 0 Å². The van der Waals surface area contributed by atoms with Gasteiger partial charge in [0.05, 0.1) is 72.6 Å². The van der Waals surface area contributed by atoms with Crippen molar-refractivity contribution in [3.05, 3.63) is 0 Å². The van der Waals surface area contributed by atoms with Crippen molar-refractivity contribution < 1.29 is 108 Å². The summed E-state index contributed by atoms with van der Waals surface area (Å²) in [4.78, 5) is 153. The van der Waals surface area contributed by atoms with E-state index in [0.717, 1.165) is 56.3 Å². The predicted molar refractivity (Wildman–Crippen MR) is 312 cm³/mol. The van der Waals surface area contributed by atoms with Crippen molar-refractivity contribution in [2.24, 2.45) is 0 Å². The van der Waals surface area contributed by atoms with E-state index in [4.69, 9.17) is 14.6 Å². The SMILES string of the molecule is CC(=O)N1CCC[C@H]1C(=O)N[C@@H](CO)C(=O)N[C@@H](CO)C(=O)N[C@@H](CO)C(=O)N[C@@H](CCCCN(CC(=O)O)CC(=O)O)C(=O)N[C@@H](CO)C(=O)N[C@@H](CO)C(=O)NCCOCCOCCNC(=O)CCCCCCCCCCCCCCCCC(=O)O. The molecule has 32 nitrogen and oxygen atoms in total. The zero-order valence-corrected chi connectivity index (χ0v) is 50.7. The maximum atomic E-state index is 13.8. The Kier molecular flexibility index (Phi) is 43.5. The van der Waals surface area contributed by atoms with Crippen molar-refractivity contribution in [1.29, 1.82) is 0 Å². The van der Waals surface area contributed by atoms with Gasteiger partial charge in [0.25, 0.3) is 0 Å². The number of aliphatic hydroxyl groups is 5. The molecule has 0 unspecified atom stereocenters. The van der Waals surface area contributed by atoms with E-state index >= 15 is 0 Å². The van der Waals surface area contributed by atoms with Crippen molar-refractivity contribution in [3.8, 4) is 0 Å². The fourth-order valence-corrected chi connectivity index (χ4v) is 9.29. The van der Waals surface area contributed by atoms with Crippen LogP contribution in [0.1, 0.15) is 142 Å². The standard InChI is InChI=1S/C56H98N10O22/c1-38(72)66-26-18-20-45(66)56(86)64-44(37-71)55(85)63-43(36-70)54(84)62-41(34-68)52(82)59-39(19-16-17-25-65(31-48(76)77)32-49(78)79)51(81)61-42(35-69)53(83)60-40(33-67)50(80)58-24-28-88-30-29-87-27-23-57-46(73)21-14-12-10-8-6-4-2-3-5-7-9-11-13-15-22-47(74)75/h39-45,67-71H,2-37H2,1H3,(H,57,73)(H,58,80)(H,59,82)(H,60,83)(H,61,81)(H,62,84)(H,63,85)(H,64,86)(H,74,75)(H,76,77)(H,78,79)/t39-,40-,41-,42-,43-,44-,45-/m0/s1. The van der Waals surface area contributed by atoms with Gasteiger partial charge in [0.15, 0.2) is 0 Å². The van der Waals surface area contributed by atoms with Crippen molar-refractivity contribution >= 4 is 71.1 Å². The van der Waals surface area contributed by atoms with Crippen LogP contribution in [0.25, 0.3) is 0 Å². The van der Waals surface area contributed by atoms with Crippen LogP contribution in [-0.2, 0) is 67.0 Å².